The molecule has 0 aliphatic carbocycles. The molecule has 0 aliphatic rings. The summed E-state index contributed by atoms with van der Waals surface area (Å²) >= 11 is 5.92. The highest BCUT2D eigenvalue weighted by atomic mass is 35.5. The molecule has 2 rings (SSSR count). The van der Waals surface area contributed by atoms with Crippen LogP contribution in [0.1, 0.15) is 12.0 Å². The van der Waals surface area contributed by atoms with Gasteiger partial charge in [-0.1, -0.05) is 41.9 Å². The first-order chi connectivity index (χ1) is 10.1. The summed E-state index contributed by atoms with van der Waals surface area (Å²) in [7, 11) is 0. The summed E-state index contributed by atoms with van der Waals surface area (Å²) in [5, 5.41) is 9.93. The maximum absolute atomic E-state index is 11.3. The highest BCUT2D eigenvalue weighted by Crippen LogP contribution is 2.18. The second-order valence-electron chi connectivity index (χ2n) is 4.82. The second-order valence-corrected chi connectivity index (χ2v) is 5.26. The molecule has 110 valence electrons. The van der Waals surface area contributed by atoms with E-state index in [2.05, 4.69) is 0 Å². The van der Waals surface area contributed by atoms with Gasteiger partial charge in [0.2, 0.25) is 0 Å². The van der Waals surface area contributed by atoms with Gasteiger partial charge in [-0.3, -0.25) is 4.79 Å². The number of hydrogen-bond donors (Lipinski definition) is 1. The lowest BCUT2D eigenvalue weighted by Crippen LogP contribution is -2.19. The van der Waals surface area contributed by atoms with Crippen molar-refractivity contribution in [3.63, 3.8) is 0 Å². The van der Waals surface area contributed by atoms with E-state index in [9.17, 15) is 9.90 Å². The van der Waals surface area contributed by atoms with E-state index in [1.165, 1.54) is 0 Å². The van der Waals surface area contributed by atoms with E-state index < -0.39 is 11.9 Å². The van der Waals surface area contributed by atoms with Gasteiger partial charge in [-0.2, -0.15) is 0 Å². The number of benzene rings is 2. The Bertz CT molecular complexity index is 584. The Hall–Kier alpha value is -2.00. The molecule has 0 heterocycles. The normalized spacial score (nSPS) is 11.9. The van der Waals surface area contributed by atoms with Crippen LogP contribution in [0, 0.1) is 5.92 Å². The van der Waals surface area contributed by atoms with Crippen molar-refractivity contribution in [1.29, 1.82) is 0 Å². The van der Waals surface area contributed by atoms with Crippen molar-refractivity contribution in [2.45, 2.75) is 12.8 Å². The molecular formula is C17H17ClO3. The standard InChI is InChI=1S/C17H17ClO3/c18-15-6-4-5-13(12-15)11-14(17(19)20)9-10-21-16-7-2-1-3-8-16/h1-8,12,14H,9-11H2,(H,19,20). The average molecular weight is 305 g/mol. The van der Waals surface area contributed by atoms with Crippen molar-refractivity contribution in [2.24, 2.45) is 5.92 Å². The van der Waals surface area contributed by atoms with Crippen molar-refractivity contribution in [3.05, 3.63) is 65.2 Å². The van der Waals surface area contributed by atoms with Crippen molar-refractivity contribution < 1.29 is 14.6 Å². The number of carboxylic acids is 1. The highest BCUT2D eigenvalue weighted by Gasteiger charge is 2.18. The zero-order valence-corrected chi connectivity index (χ0v) is 12.3. The van der Waals surface area contributed by atoms with Crippen LogP contribution in [0.4, 0.5) is 0 Å². The zero-order valence-electron chi connectivity index (χ0n) is 11.5. The van der Waals surface area contributed by atoms with E-state index in [0.717, 1.165) is 11.3 Å². The molecule has 0 radical (unpaired) electrons. The van der Waals surface area contributed by atoms with Crippen molar-refractivity contribution in [3.8, 4) is 5.75 Å². The van der Waals surface area contributed by atoms with Gasteiger partial charge in [0.05, 0.1) is 12.5 Å². The zero-order chi connectivity index (χ0) is 15.1. The van der Waals surface area contributed by atoms with Crippen LogP contribution in [0.5, 0.6) is 5.75 Å². The number of para-hydroxylation sites is 1. The molecule has 0 fully saturated rings. The number of halogens is 1. The number of ether oxygens (including phenoxy) is 1. The number of carboxylic acid groups (broad SMARTS) is 1. The Balaban J connectivity index is 1.89. The number of aliphatic carboxylic acids is 1. The van der Waals surface area contributed by atoms with Gasteiger partial charge in [-0.25, -0.2) is 0 Å². The van der Waals surface area contributed by atoms with Gasteiger partial charge >= 0.3 is 5.97 Å². The first-order valence-corrected chi connectivity index (χ1v) is 7.18. The predicted molar refractivity (Wildman–Crippen MR) is 82.8 cm³/mol. The SMILES string of the molecule is O=C(O)C(CCOc1ccccc1)Cc1cccc(Cl)c1. The van der Waals surface area contributed by atoms with Gasteiger partial charge in [-0.05, 0) is 42.7 Å². The molecule has 0 amide bonds. The molecule has 21 heavy (non-hydrogen) atoms. The molecule has 1 unspecified atom stereocenters. The van der Waals surface area contributed by atoms with Crippen LogP contribution in [-0.4, -0.2) is 17.7 Å². The third kappa shape index (κ3) is 5.12. The molecule has 1 N–H and O–H groups in total. The molecule has 1 atom stereocenters. The van der Waals surface area contributed by atoms with Gasteiger partial charge in [0, 0.05) is 5.02 Å². The summed E-state index contributed by atoms with van der Waals surface area (Å²) in [6, 6.07) is 16.7. The summed E-state index contributed by atoms with van der Waals surface area (Å²) in [6.07, 6.45) is 0.908. The molecule has 0 spiro atoms. The van der Waals surface area contributed by atoms with Crippen LogP contribution in [0.2, 0.25) is 5.02 Å². The van der Waals surface area contributed by atoms with Crippen molar-refractivity contribution in [1.82, 2.24) is 0 Å². The van der Waals surface area contributed by atoms with Crippen LogP contribution in [0.15, 0.2) is 54.6 Å². The van der Waals surface area contributed by atoms with Gasteiger partial charge in [-0.15, -0.1) is 0 Å². The van der Waals surface area contributed by atoms with E-state index in [4.69, 9.17) is 16.3 Å². The Morgan fingerprint density at radius 2 is 1.90 bits per heavy atom. The molecule has 2 aromatic carbocycles. The van der Waals surface area contributed by atoms with E-state index in [-0.39, 0.29) is 0 Å². The maximum atomic E-state index is 11.3. The molecule has 0 aromatic heterocycles. The van der Waals surface area contributed by atoms with Crippen LogP contribution >= 0.6 is 11.6 Å². The van der Waals surface area contributed by atoms with E-state index >= 15 is 0 Å². The first-order valence-electron chi connectivity index (χ1n) is 6.80. The topological polar surface area (TPSA) is 46.5 Å². The molecular weight excluding hydrogens is 288 g/mol. The number of hydrogen-bond acceptors (Lipinski definition) is 2. The summed E-state index contributed by atoms with van der Waals surface area (Å²) in [5.74, 6) is -0.539. The Labute approximate surface area is 129 Å². The Kier molecular flexibility index (Phi) is 5.64. The lowest BCUT2D eigenvalue weighted by atomic mass is 9.97. The molecule has 0 aliphatic heterocycles. The van der Waals surface area contributed by atoms with Gasteiger partial charge in [0.15, 0.2) is 0 Å². The Morgan fingerprint density at radius 1 is 1.14 bits per heavy atom. The third-order valence-electron chi connectivity index (χ3n) is 3.20. The number of rotatable bonds is 7. The summed E-state index contributed by atoms with van der Waals surface area (Å²) in [5.41, 5.74) is 0.926. The van der Waals surface area contributed by atoms with Gasteiger partial charge < -0.3 is 9.84 Å². The third-order valence-corrected chi connectivity index (χ3v) is 3.43. The van der Waals surface area contributed by atoms with Crippen LogP contribution < -0.4 is 4.74 Å². The van der Waals surface area contributed by atoms with E-state index in [1.54, 1.807) is 12.1 Å². The largest absolute Gasteiger partial charge is 0.494 e. The van der Waals surface area contributed by atoms with E-state index in [0.29, 0.717) is 24.5 Å². The lowest BCUT2D eigenvalue weighted by Gasteiger charge is -2.13. The van der Waals surface area contributed by atoms with Crippen LogP contribution in [-0.2, 0) is 11.2 Å². The summed E-state index contributed by atoms with van der Waals surface area (Å²) in [6.45, 7) is 0.377. The average Bonchev–Trinajstić information content (AvgIpc) is 2.47. The summed E-state index contributed by atoms with van der Waals surface area (Å²) in [4.78, 5) is 11.3. The Morgan fingerprint density at radius 3 is 2.57 bits per heavy atom. The fraction of sp³-hybridized carbons (Fsp3) is 0.235. The smallest absolute Gasteiger partial charge is 0.306 e. The van der Waals surface area contributed by atoms with Crippen molar-refractivity contribution in [2.75, 3.05) is 6.61 Å². The lowest BCUT2D eigenvalue weighted by molar-refractivity contribution is -0.142. The minimum absolute atomic E-state index is 0.377. The number of carbonyl (C=O) groups is 1. The minimum Gasteiger partial charge on any atom is -0.494 e. The fourth-order valence-electron chi connectivity index (χ4n) is 2.10. The highest BCUT2D eigenvalue weighted by molar-refractivity contribution is 6.30. The summed E-state index contributed by atoms with van der Waals surface area (Å²) < 4.78 is 5.56. The maximum Gasteiger partial charge on any atom is 0.306 e. The molecule has 2 aromatic rings. The van der Waals surface area contributed by atoms with E-state index in [1.807, 2.05) is 42.5 Å². The molecule has 0 bridgehead atoms. The molecule has 0 saturated heterocycles. The molecule has 0 saturated carbocycles. The molecule has 3 nitrogen and oxygen atoms in total. The van der Waals surface area contributed by atoms with Gasteiger partial charge in [0.1, 0.15) is 5.75 Å². The monoisotopic (exact) mass is 304 g/mol. The molecule has 4 heteroatoms. The quantitative estimate of drug-likeness (QED) is 0.839. The van der Waals surface area contributed by atoms with Gasteiger partial charge in [0.25, 0.3) is 0 Å². The second kappa shape index (κ2) is 7.70. The van der Waals surface area contributed by atoms with Crippen LogP contribution in [0.25, 0.3) is 0 Å². The van der Waals surface area contributed by atoms with Crippen LogP contribution in [0.3, 0.4) is 0 Å². The van der Waals surface area contributed by atoms with Crippen molar-refractivity contribution >= 4 is 17.6 Å². The first kappa shape index (κ1) is 15.4. The minimum atomic E-state index is -0.813. The predicted octanol–water partition coefficient (Wildman–Crippen LogP) is 4.05. The fourth-order valence-corrected chi connectivity index (χ4v) is 2.31.